The fourth-order valence-electron chi connectivity index (χ4n) is 8.74. The second-order valence-corrected chi connectivity index (χ2v) is 14.3. The molecule has 3 amide bonds. The SMILES string of the molecule is C=CCN(C(=O)[C@@H]1[C@H]2C(=O)N([C@H](CO)c3ccccc3)C(C(=O)N(CC=C)c3c(C)cccc3Cl)C23CC(C)[C@@]1(C)O3)c1ccc(OCC)cc1. The number of likely N-dealkylation sites (tertiary alicyclic amines) is 1. The Hall–Kier alpha value is -4.44. The van der Waals surface area contributed by atoms with Crippen molar-refractivity contribution < 1.29 is 29.0 Å². The van der Waals surface area contributed by atoms with Crippen LogP contribution in [-0.2, 0) is 19.1 Å². The van der Waals surface area contributed by atoms with Crippen LogP contribution in [0.2, 0.25) is 5.02 Å². The third kappa shape index (κ3) is 5.85. The average Bonchev–Trinajstić information content (AvgIpc) is 3.64. The number of carbonyl (C=O) groups excluding carboxylic acids is 3. The standard InChI is InChI=1S/C41H46ClN3O6/c1-7-22-43(29-18-20-30(21-19-29)50-9-3)37(47)33-34-38(48)45(32(25-46)28-15-11-10-12-16-28)36(41(34)24-27(5)40(33,6)51-41)39(49)44(23-8-2)35-26(4)14-13-17-31(35)42/h7-8,10-21,27,32-34,36,46H,1-2,9,22-25H2,3-6H3/t27?,32-,33+,34+,36?,40-,41?/m1/s1. The van der Waals surface area contributed by atoms with E-state index in [0.29, 0.717) is 40.7 Å². The molecule has 3 aromatic rings. The number of anilines is 2. The van der Waals surface area contributed by atoms with Gasteiger partial charge >= 0.3 is 0 Å². The number of amides is 3. The van der Waals surface area contributed by atoms with Gasteiger partial charge in [-0.3, -0.25) is 14.4 Å². The molecule has 7 atom stereocenters. The zero-order valence-electron chi connectivity index (χ0n) is 29.6. The lowest BCUT2D eigenvalue weighted by molar-refractivity contribution is -0.149. The first-order chi connectivity index (χ1) is 24.5. The highest BCUT2D eigenvalue weighted by Crippen LogP contribution is 2.66. The van der Waals surface area contributed by atoms with E-state index in [1.807, 2.05) is 82.3 Å². The molecule has 9 nitrogen and oxygen atoms in total. The van der Waals surface area contributed by atoms with E-state index < -0.39 is 53.5 Å². The van der Waals surface area contributed by atoms with Crippen molar-refractivity contribution in [3.8, 4) is 5.75 Å². The van der Waals surface area contributed by atoms with Crippen LogP contribution in [0.3, 0.4) is 0 Å². The van der Waals surface area contributed by atoms with Crippen molar-refractivity contribution in [3.63, 3.8) is 0 Å². The number of aliphatic hydroxyl groups is 1. The van der Waals surface area contributed by atoms with E-state index >= 15 is 14.4 Å². The van der Waals surface area contributed by atoms with Gasteiger partial charge in [0.25, 0.3) is 5.91 Å². The summed E-state index contributed by atoms with van der Waals surface area (Å²) in [6, 6.07) is 19.7. The maximum absolute atomic E-state index is 15.3. The minimum Gasteiger partial charge on any atom is -0.494 e. The molecule has 3 saturated heterocycles. The number of ether oxygens (including phenoxy) is 2. The zero-order valence-corrected chi connectivity index (χ0v) is 30.4. The number of hydrogen-bond acceptors (Lipinski definition) is 6. The van der Waals surface area contributed by atoms with Gasteiger partial charge in [0.1, 0.15) is 17.4 Å². The summed E-state index contributed by atoms with van der Waals surface area (Å²) in [6.07, 6.45) is 3.62. The molecule has 3 heterocycles. The lowest BCUT2D eigenvalue weighted by Gasteiger charge is -2.40. The molecule has 1 spiro atoms. The van der Waals surface area contributed by atoms with Crippen LogP contribution in [0.5, 0.6) is 5.75 Å². The number of hydrogen-bond donors (Lipinski definition) is 1. The molecule has 10 heteroatoms. The van der Waals surface area contributed by atoms with Crippen LogP contribution in [0.1, 0.15) is 44.4 Å². The Morgan fingerprint density at radius 2 is 1.71 bits per heavy atom. The Kier molecular flexibility index (Phi) is 10.2. The number of aryl methyl sites for hydroxylation is 1. The lowest BCUT2D eigenvalue weighted by Crippen LogP contribution is -2.58. The highest BCUT2D eigenvalue weighted by Gasteiger charge is 2.80. The number of nitrogens with zero attached hydrogens (tertiary/aromatic N) is 3. The smallest absolute Gasteiger partial charge is 0.253 e. The predicted octanol–water partition coefficient (Wildman–Crippen LogP) is 6.53. The molecule has 3 unspecified atom stereocenters. The molecule has 3 aromatic carbocycles. The van der Waals surface area contributed by atoms with Crippen LogP contribution < -0.4 is 14.5 Å². The van der Waals surface area contributed by atoms with Crippen LogP contribution >= 0.6 is 11.6 Å². The van der Waals surface area contributed by atoms with Crippen molar-refractivity contribution in [2.24, 2.45) is 17.8 Å². The predicted molar refractivity (Wildman–Crippen MR) is 199 cm³/mol. The second-order valence-electron chi connectivity index (χ2n) is 13.9. The molecular weight excluding hydrogens is 666 g/mol. The van der Waals surface area contributed by atoms with Crippen LogP contribution in [0.4, 0.5) is 11.4 Å². The molecule has 2 bridgehead atoms. The van der Waals surface area contributed by atoms with Gasteiger partial charge in [0, 0.05) is 18.8 Å². The summed E-state index contributed by atoms with van der Waals surface area (Å²) in [7, 11) is 0. The first kappa shape index (κ1) is 36.4. The molecule has 3 aliphatic rings. The molecule has 0 radical (unpaired) electrons. The molecular formula is C41H46ClN3O6. The maximum Gasteiger partial charge on any atom is 0.253 e. The molecule has 51 heavy (non-hydrogen) atoms. The number of fused-ring (bicyclic) bond motifs is 1. The minimum atomic E-state index is -1.38. The van der Waals surface area contributed by atoms with Gasteiger partial charge < -0.3 is 29.3 Å². The average molecular weight is 712 g/mol. The summed E-state index contributed by atoms with van der Waals surface area (Å²) in [6.45, 7) is 15.9. The van der Waals surface area contributed by atoms with Crippen LogP contribution in [-0.4, -0.2) is 71.3 Å². The topological polar surface area (TPSA) is 99.6 Å². The molecule has 0 aromatic heterocycles. The van der Waals surface area contributed by atoms with E-state index in [1.54, 1.807) is 40.2 Å². The van der Waals surface area contributed by atoms with Gasteiger partial charge in [0.15, 0.2) is 0 Å². The van der Waals surface area contributed by atoms with Gasteiger partial charge in [-0.15, -0.1) is 13.2 Å². The van der Waals surface area contributed by atoms with Gasteiger partial charge in [-0.2, -0.15) is 0 Å². The van der Waals surface area contributed by atoms with Crippen molar-refractivity contribution in [2.75, 3.05) is 36.1 Å². The molecule has 268 valence electrons. The monoisotopic (exact) mass is 711 g/mol. The third-order valence-corrected chi connectivity index (χ3v) is 11.3. The Balaban J connectivity index is 1.52. The van der Waals surface area contributed by atoms with E-state index in [1.165, 1.54) is 4.90 Å². The molecule has 3 fully saturated rings. The van der Waals surface area contributed by atoms with E-state index in [-0.39, 0.29) is 24.9 Å². The van der Waals surface area contributed by atoms with Crippen molar-refractivity contribution in [1.29, 1.82) is 0 Å². The summed E-state index contributed by atoms with van der Waals surface area (Å²) < 4.78 is 12.7. The Morgan fingerprint density at radius 3 is 2.31 bits per heavy atom. The first-order valence-electron chi connectivity index (χ1n) is 17.5. The fourth-order valence-corrected chi connectivity index (χ4v) is 9.06. The quantitative estimate of drug-likeness (QED) is 0.203. The largest absolute Gasteiger partial charge is 0.494 e. The first-order valence-corrected chi connectivity index (χ1v) is 17.9. The minimum absolute atomic E-state index is 0.109. The van der Waals surface area contributed by atoms with Crippen LogP contribution in [0, 0.1) is 24.7 Å². The van der Waals surface area contributed by atoms with Gasteiger partial charge in [0.2, 0.25) is 11.8 Å². The van der Waals surface area contributed by atoms with Gasteiger partial charge in [0.05, 0.1) is 47.4 Å². The van der Waals surface area contributed by atoms with E-state index in [0.717, 1.165) is 5.56 Å². The maximum atomic E-state index is 15.3. The fraction of sp³-hybridized carbons (Fsp3) is 0.390. The lowest BCUT2D eigenvalue weighted by atomic mass is 9.62. The highest BCUT2D eigenvalue weighted by atomic mass is 35.5. The Bertz CT molecular complexity index is 1800. The summed E-state index contributed by atoms with van der Waals surface area (Å²) in [5.74, 6) is -2.61. The summed E-state index contributed by atoms with van der Waals surface area (Å²) in [5, 5.41) is 11.4. The van der Waals surface area contributed by atoms with Crippen molar-refractivity contribution in [1.82, 2.24) is 4.90 Å². The summed E-state index contributed by atoms with van der Waals surface area (Å²) in [5.41, 5.74) is 0.102. The van der Waals surface area contributed by atoms with Gasteiger partial charge in [-0.1, -0.05) is 73.1 Å². The second kappa shape index (κ2) is 14.3. The van der Waals surface area contributed by atoms with E-state index in [9.17, 15) is 5.11 Å². The molecule has 6 rings (SSSR count). The number of aliphatic hydroxyl groups excluding tert-OH is 1. The van der Waals surface area contributed by atoms with Crippen molar-refractivity contribution >= 4 is 40.7 Å². The van der Waals surface area contributed by atoms with E-state index in [2.05, 4.69) is 13.2 Å². The summed E-state index contributed by atoms with van der Waals surface area (Å²) in [4.78, 5) is 50.3. The molecule has 1 N–H and O–H groups in total. The van der Waals surface area contributed by atoms with E-state index in [4.69, 9.17) is 21.1 Å². The van der Waals surface area contributed by atoms with Gasteiger partial charge in [-0.25, -0.2) is 0 Å². The normalized spacial score (nSPS) is 26.8. The number of para-hydroxylation sites is 1. The molecule has 0 aliphatic carbocycles. The molecule has 3 aliphatic heterocycles. The van der Waals surface area contributed by atoms with Crippen molar-refractivity contribution in [2.45, 2.75) is 57.4 Å². The van der Waals surface area contributed by atoms with Gasteiger partial charge in [-0.05, 0) is 74.6 Å². The number of carbonyl (C=O) groups is 3. The molecule has 0 saturated carbocycles. The number of rotatable bonds is 13. The van der Waals surface area contributed by atoms with Crippen LogP contribution in [0.15, 0.2) is 98.1 Å². The Morgan fingerprint density at radius 1 is 1.04 bits per heavy atom. The number of halogens is 1. The van der Waals surface area contributed by atoms with Crippen LogP contribution in [0.25, 0.3) is 0 Å². The number of benzene rings is 3. The zero-order chi connectivity index (χ0) is 36.7. The highest BCUT2D eigenvalue weighted by molar-refractivity contribution is 6.34. The Labute approximate surface area is 305 Å². The van der Waals surface area contributed by atoms with Crippen molar-refractivity contribution in [3.05, 3.63) is 114 Å². The summed E-state index contributed by atoms with van der Waals surface area (Å²) >= 11 is 6.76. The third-order valence-electron chi connectivity index (χ3n) is 11.0.